The third kappa shape index (κ3) is 4.24. The predicted octanol–water partition coefficient (Wildman–Crippen LogP) is 2.61. The van der Waals surface area contributed by atoms with Gasteiger partial charge in [-0.25, -0.2) is 0 Å². The molecule has 0 saturated heterocycles. The van der Waals surface area contributed by atoms with Crippen LogP contribution in [0.25, 0.3) is 0 Å². The number of hydrogen-bond acceptors (Lipinski definition) is 3. The van der Waals surface area contributed by atoms with E-state index in [0.29, 0.717) is 6.04 Å². The molecule has 1 N–H and O–H groups in total. The van der Waals surface area contributed by atoms with Gasteiger partial charge in [0.25, 0.3) is 0 Å². The highest BCUT2D eigenvalue weighted by Crippen LogP contribution is 2.12. The summed E-state index contributed by atoms with van der Waals surface area (Å²) in [6.07, 6.45) is 1.13. The maximum absolute atomic E-state index is 3.61. The predicted molar refractivity (Wildman–Crippen MR) is 73.3 cm³/mol. The first-order valence-electron chi connectivity index (χ1n) is 5.85. The van der Waals surface area contributed by atoms with Crippen molar-refractivity contribution in [3.63, 3.8) is 0 Å². The zero-order chi connectivity index (χ0) is 12.2. The SMILES string of the molecule is CC(Cc1cccs1)NCC(C)(C)N(C)C. The third-order valence-corrected chi connectivity index (χ3v) is 4.08. The molecular weight excluding hydrogens is 216 g/mol. The molecule has 0 aromatic carbocycles. The van der Waals surface area contributed by atoms with Crippen molar-refractivity contribution in [2.75, 3.05) is 20.6 Å². The zero-order valence-electron chi connectivity index (χ0n) is 11.1. The van der Waals surface area contributed by atoms with Crippen molar-refractivity contribution >= 4 is 11.3 Å². The molecule has 0 fully saturated rings. The molecule has 0 radical (unpaired) electrons. The molecular formula is C13H24N2S. The molecule has 0 spiro atoms. The molecule has 0 aliphatic carbocycles. The molecule has 16 heavy (non-hydrogen) atoms. The molecule has 1 rings (SSSR count). The Kier molecular flexibility index (Phi) is 4.96. The number of rotatable bonds is 6. The average molecular weight is 240 g/mol. The van der Waals surface area contributed by atoms with Crippen molar-refractivity contribution in [1.82, 2.24) is 10.2 Å². The third-order valence-electron chi connectivity index (χ3n) is 3.18. The minimum absolute atomic E-state index is 0.212. The van der Waals surface area contributed by atoms with Gasteiger partial charge in [0.15, 0.2) is 0 Å². The molecule has 2 nitrogen and oxygen atoms in total. The minimum atomic E-state index is 0.212. The lowest BCUT2D eigenvalue weighted by molar-refractivity contribution is 0.185. The van der Waals surface area contributed by atoms with Crippen molar-refractivity contribution in [2.24, 2.45) is 0 Å². The van der Waals surface area contributed by atoms with Gasteiger partial charge in [-0.3, -0.25) is 0 Å². The number of hydrogen-bond donors (Lipinski definition) is 1. The first-order valence-corrected chi connectivity index (χ1v) is 6.73. The van der Waals surface area contributed by atoms with Crippen LogP contribution in [0.3, 0.4) is 0 Å². The van der Waals surface area contributed by atoms with Crippen molar-refractivity contribution in [2.45, 2.75) is 38.8 Å². The minimum Gasteiger partial charge on any atom is -0.312 e. The fraction of sp³-hybridized carbons (Fsp3) is 0.692. The van der Waals surface area contributed by atoms with Crippen LogP contribution in [0, 0.1) is 0 Å². The second-order valence-corrected chi connectivity index (χ2v) is 6.30. The number of thiophene rings is 1. The van der Waals surface area contributed by atoms with E-state index in [0.717, 1.165) is 13.0 Å². The fourth-order valence-electron chi connectivity index (χ4n) is 1.38. The highest BCUT2D eigenvalue weighted by Gasteiger charge is 2.20. The van der Waals surface area contributed by atoms with Crippen molar-refractivity contribution < 1.29 is 0 Å². The van der Waals surface area contributed by atoms with Gasteiger partial charge >= 0.3 is 0 Å². The lowest BCUT2D eigenvalue weighted by Crippen LogP contribution is -2.49. The van der Waals surface area contributed by atoms with Gasteiger partial charge < -0.3 is 10.2 Å². The Morgan fingerprint density at radius 1 is 1.44 bits per heavy atom. The molecule has 92 valence electrons. The van der Waals surface area contributed by atoms with E-state index in [4.69, 9.17) is 0 Å². The maximum atomic E-state index is 3.61. The lowest BCUT2D eigenvalue weighted by Gasteiger charge is -2.34. The first-order chi connectivity index (χ1) is 7.42. The lowest BCUT2D eigenvalue weighted by atomic mass is 10.0. The average Bonchev–Trinajstić information content (AvgIpc) is 2.67. The van der Waals surface area contributed by atoms with Gasteiger partial charge in [0.2, 0.25) is 0 Å². The molecule has 0 saturated carbocycles. The Bertz CT molecular complexity index is 291. The van der Waals surface area contributed by atoms with Gasteiger partial charge in [-0.05, 0) is 52.7 Å². The molecule has 3 heteroatoms. The van der Waals surface area contributed by atoms with Gasteiger partial charge in [-0.15, -0.1) is 11.3 Å². The van der Waals surface area contributed by atoms with Gasteiger partial charge in [0.1, 0.15) is 0 Å². The second-order valence-electron chi connectivity index (χ2n) is 5.27. The molecule has 0 bridgehead atoms. The van der Waals surface area contributed by atoms with E-state index in [1.54, 1.807) is 0 Å². The van der Waals surface area contributed by atoms with Crippen LogP contribution < -0.4 is 5.32 Å². The molecule has 1 atom stereocenters. The molecule has 1 aromatic heterocycles. The summed E-state index contributed by atoms with van der Waals surface area (Å²) >= 11 is 1.84. The van der Waals surface area contributed by atoms with Gasteiger partial charge in [0, 0.05) is 23.0 Å². The van der Waals surface area contributed by atoms with Crippen LogP contribution in [0.2, 0.25) is 0 Å². The standard InChI is InChI=1S/C13H24N2S/c1-11(9-12-7-6-8-16-12)14-10-13(2,3)15(4)5/h6-8,11,14H,9-10H2,1-5H3. The van der Waals surface area contributed by atoms with E-state index in [2.05, 4.69) is 62.6 Å². The Balaban J connectivity index is 2.33. The van der Waals surface area contributed by atoms with Crippen molar-refractivity contribution in [3.8, 4) is 0 Å². The topological polar surface area (TPSA) is 15.3 Å². The summed E-state index contributed by atoms with van der Waals surface area (Å²) in [6.45, 7) is 7.80. The molecule has 0 aliphatic rings. The van der Waals surface area contributed by atoms with E-state index in [1.807, 2.05) is 11.3 Å². The summed E-state index contributed by atoms with van der Waals surface area (Å²) in [6, 6.07) is 4.87. The van der Waals surface area contributed by atoms with E-state index in [-0.39, 0.29) is 5.54 Å². The monoisotopic (exact) mass is 240 g/mol. The smallest absolute Gasteiger partial charge is 0.0271 e. The molecule has 0 aliphatic heterocycles. The van der Waals surface area contributed by atoms with Crippen molar-refractivity contribution in [3.05, 3.63) is 22.4 Å². The molecule has 0 amide bonds. The van der Waals surface area contributed by atoms with Gasteiger partial charge in [-0.1, -0.05) is 6.07 Å². The number of likely N-dealkylation sites (N-methyl/N-ethyl adjacent to an activating group) is 1. The van der Waals surface area contributed by atoms with E-state index in [1.165, 1.54) is 4.88 Å². The first kappa shape index (κ1) is 13.7. The summed E-state index contributed by atoms with van der Waals surface area (Å²) in [5.74, 6) is 0. The highest BCUT2D eigenvalue weighted by molar-refractivity contribution is 7.09. The Morgan fingerprint density at radius 2 is 2.12 bits per heavy atom. The van der Waals surface area contributed by atoms with E-state index in [9.17, 15) is 0 Å². The summed E-state index contributed by atoms with van der Waals surface area (Å²) < 4.78 is 0. The number of nitrogens with zero attached hydrogens (tertiary/aromatic N) is 1. The Morgan fingerprint density at radius 3 is 2.62 bits per heavy atom. The Labute approximate surface area is 104 Å². The quantitative estimate of drug-likeness (QED) is 0.822. The molecule has 1 heterocycles. The van der Waals surface area contributed by atoms with Crippen LogP contribution in [0.5, 0.6) is 0 Å². The van der Waals surface area contributed by atoms with Crippen LogP contribution in [-0.4, -0.2) is 37.1 Å². The fourth-order valence-corrected chi connectivity index (χ4v) is 2.22. The van der Waals surface area contributed by atoms with Crippen LogP contribution >= 0.6 is 11.3 Å². The van der Waals surface area contributed by atoms with Crippen LogP contribution in [0.1, 0.15) is 25.6 Å². The normalized spacial score (nSPS) is 14.4. The largest absolute Gasteiger partial charge is 0.312 e. The Hall–Kier alpha value is -0.380. The summed E-state index contributed by atoms with van der Waals surface area (Å²) in [5, 5.41) is 5.75. The second kappa shape index (κ2) is 5.80. The van der Waals surface area contributed by atoms with Gasteiger partial charge in [-0.2, -0.15) is 0 Å². The number of nitrogens with one attached hydrogen (secondary N) is 1. The van der Waals surface area contributed by atoms with Crippen molar-refractivity contribution in [1.29, 1.82) is 0 Å². The highest BCUT2D eigenvalue weighted by atomic mass is 32.1. The van der Waals surface area contributed by atoms with Crippen LogP contribution in [0.15, 0.2) is 17.5 Å². The zero-order valence-corrected chi connectivity index (χ0v) is 11.9. The van der Waals surface area contributed by atoms with Crippen LogP contribution in [0.4, 0.5) is 0 Å². The summed E-state index contributed by atoms with van der Waals surface area (Å²) in [5.41, 5.74) is 0.212. The summed E-state index contributed by atoms with van der Waals surface area (Å²) in [7, 11) is 4.26. The maximum Gasteiger partial charge on any atom is 0.0271 e. The van der Waals surface area contributed by atoms with E-state index >= 15 is 0 Å². The van der Waals surface area contributed by atoms with Gasteiger partial charge in [0.05, 0.1) is 0 Å². The molecule has 1 unspecified atom stereocenters. The van der Waals surface area contributed by atoms with E-state index < -0.39 is 0 Å². The summed E-state index contributed by atoms with van der Waals surface area (Å²) in [4.78, 5) is 3.72. The van der Waals surface area contributed by atoms with Crippen LogP contribution in [-0.2, 0) is 6.42 Å². The molecule has 1 aromatic rings.